The molecule has 2 rings (SSSR count). The highest BCUT2D eigenvalue weighted by Crippen LogP contribution is 2.22. The van der Waals surface area contributed by atoms with E-state index in [1.165, 1.54) is 13.0 Å². The SMILES string of the molecule is CC(=O)NCC1CCN(C(=O)c2ccccc2S(C)(=O)=O)CC1. The van der Waals surface area contributed by atoms with Crippen LogP contribution in [0.4, 0.5) is 0 Å². The molecule has 7 heteroatoms. The largest absolute Gasteiger partial charge is 0.356 e. The number of sulfone groups is 1. The fourth-order valence-electron chi connectivity index (χ4n) is 2.77. The van der Waals surface area contributed by atoms with Crippen LogP contribution in [0.2, 0.25) is 0 Å². The van der Waals surface area contributed by atoms with Crippen molar-refractivity contribution in [1.82, 2.24) is 10.2 Å². The number of hydrogen-bond donors (Lipinski definition) is 1. The molecule has 126 valence electrons. The second-order valence-corrected chi connectivity index (χ2v) is 7.93. The van der Waals surface area contributed by atoms with Crippen molar-refractivity contribution in [2.45, 2.75) is 24.7 Å². The molecule has 1 fully saturated rings. The molecule has 0 unspecified atom stereocenters. The lowest BCUT2D eigenvalue weighted by molar-refractivity contribution is -0.119. The second kappa shape index (κ2) is 7.12. The fraction of sp³-hybridized carbons (Fsp3) is 0.500. The molecule has 0 saturated carbocycles. The van der Waals surface area contributed by atoms with Gasteiger partial charge in [-0.3, -0.25) is 9.59 Å². The zero-order chi connectivity index (χ0) is 17.0. The monoisotopic (exact) mass is 338 g/mol. The summed E-state index contributed by atoms with van der Waals surface area (Å²) in [5.41, 5.74) is 0.232. The van der Waals surface area contributed by atoms with Gasteiger partial charge in [-0.15, -0.1) is 0 Å². The van der Waals surface area contributed by atoms with Gasteiger partial charge in [0.1, 0.15) is 0 Å². The van der Waals surface area contributed by atoms with Crippen molar-refractivity contribution in [2.24, 2.45) is 5.92 Å². The molecule has 1 N–H and O–H groups in total. The number of benzene rings is 1. The summed E-state index contributed by atoms with van der Waals surface area (Å²) in [6.07, 6.45) is 2.71. The molecule has 6 nitrogen and oxygen atoms in total. The van der Waals surface area contributed by atoms with Gasteiger partial charge in [0.15, 0.2) is 9.84 Å². The summed E-state index contributed by atoms with van der Waals surface area (Å²) >= 11 is 0. The second-order valence-electron chi connectivity index (χ2n) is 5.94. The van der Waals surface area contributed by atoms with Crippen molar-refractivity contribution < 1.29 is 18.0 Å². The van der Waals surface area contributed by atoms with Crippen LogP contribution in [0.3, 0.4) is 0 Å². The number of likely N-dealkylation sites (tertiary alicyclic amines) is 1. The van der Waals surface area contributed by atoms with Crippen LogP contribution >= 0.6 is 0 Å². The van der Waals surface area contributed by atoms with Crippen molar-refractivity contribution in [1.29, 1.82) is 0 Å². The average Bonchev–Trinajstić information content (AvgIpc) is 2.52. The molecular weight excluding hydrogens is 316 g/mol. The van der Waals surface area contributed by atoms with Gasteiger partial charge in [-0.25, -0.2) is 8.42 Å². The zero-order valence-electron chi connectivity index (χ0n) is 13.4. The van der Waals surface area contributed by atoms with Crippen LogP contribution in [0.5, 0.6) is 0 Å². The predicted molar refractivity (Wildman–Crippen MR) is 86.9 cm³/mol. The van der Waals surface area contributed by atoms with Gasteiger partial charge in [0, 0.05) is 32.8 Å². The molecule has 0 aromatic heterocycles. The van der Waals surface area contributed by atoms with Gasteiger partial charge in [-0.1, -0.05) is 12.1 Å². The lowest BCUT2D eigenvalue weighted by Crippen LogP contribution is -2.41. The van der Waals surface area contributed by atoms with E-state index in [4.69, 9.17) is 0 Å². The Hall–Kier alpha value is -1.89. The molecular formula is C16H22N2O4S. The van der Waals surface area contributed by atoms with Gasteiger partial charge in [-0.05, 0) is 30.9 Å². The number of rotatable bonds is 4. The maximum absolute atomic E-state index is 12.6. The highest BCUT2D eigenvalue weighted by molar-refractivity contribution is 7.90. The van der Waals surface area contributed by atoms with E-state index in [1.54, 1.807) is 23.1 Å². The highest BCUT2D eigenvalue weighted by atomic mass is 32.2. The summed E-state index contributed by atoms with van der Waals surface area (Å²) in [5.74, 6) is 0.0580. The molecule has 0 aliphatic carbocycles. The zero-order valence-corrected chi connectivity index (χ0v) is 14.2. The van der Waals surface area contributed by atoms with E-state index in [0.29, 0.717) is 25.6 Å². The van der Waals surface area contributed by atoms with Gasteiger partial charge in [0.2, 0.25) is 5.91 Å². The van der Waals surface area contributed by atoms with Crippen molar-refractivity contribution in [3.8, 4) is 0 Å². The minimum absolute atomic E-state index is 0.0504. The Morgan fingerprint density at radius 2 is 1.83 bits per heavy atom. The number of nitrogens with one attached hydrogen (secondary N) is 1. The number of piperidine rings is 1. The summed E-state index contributed by atoms with van der Waals surface area (Å²) in [7, 11) is -3.44. The Kier molecular flexibility index (Phi) is 5.41. The Balaban J connectivity index is 2.05. The van der Waals surface area contributed by atoms with E-state index in [2.05, 4.69) is 5.32 Å². The average molecular weight is 338 g/mol. The van der Waals surface area contributed by atoms with Crippen molar-refractivity contribution in [2.75, 3.05) is 25.9 Å². The first-order valence-electron chi connectivity index (χ1n) is 7.62. The summed E-state index contributed by atoms with van der Waals surface area (Å²) in [4.78, 5) is 25.3. The lowest BCUT2D eigenvalue weighted by atomic mass is 9.96. The van der Waals surface area contributed by atoms with Crippen LogP contribution in [0, 0.1) is 5.92 Å². The first-order valence-corrected chi connectivity index (χ1v) is 9.51. The topological polar surface area (TPSA) is 83.6 Å². The fourth-order valence-corrected chi connectivity index (χ4v) is 3.65. The summed E-state index contributed by atoms with van der Waals surface area (Å²) in [6.45, 7) is 3.25. The third kappa shape index (κ3) is 4.54. The van der Waals surface area contributed by atoms with Crippen molar-refractivity contribution >= 4 is 21.7 Å². The van der Waals surface area contributed by atoms with Gasteiger partial charge in [0.25, 0.3) is 5.91 Å². The Morgan fingerprint density at radius 3 is 2.39 bits per heavy atom. The highest BCUT2D eigenvalue weighted by Gasteiger charge is 2.26. The van der Waals surface area contributed by atoms with Gasteiger partial charge in [0.05, 0.1) is 10.5 Å². The number of amides is 2. The number of nitrogens with zero attached hydrogens (tertiary/aromatic N) is 1. The first-order chi connectivity index (χ1) is 10.8. The van der Waals surface area contributed by atoms with E-state index in [9.17, 15) is 18.0 Å². The maximum atomic E-state index is 12.6. The Morgan fingerprint density at radius 1 is 1.22 bits per heavy atom. The molecule has 23 heavy (non-hydrogen) atoms. The molecule has 0 spiro atoms. The Labute approximate surface area is 136 Å². The van der Waals surface area contributed by atoms with Crippen LogP contribution in [0.25, 0.3) is 0 Å². The van der Waals surface area contributed by atoms with E-state index >= 15 is 0 Å². The molecule has 1 aliphatic heterocycles. The predicted octanol–water partition coefficient (Wildman–Crippen LogP) is 1.08. The normalized spacial score (nSPS) is 16.2. The van der Waals surface area contributed by atoms with Crippen molar-refractivity contribution in [3.05, 3.63) is 29.8 Å². The minimum Gasteiger partial charge on any atom is -0.356 e. The molecule has 1 aromatic carbocycles. The Bertz CT molecular complexity index is 692. The van der Waals surface area contributed by atoms with Gasteiger partial charge < -0.3 is 10.2 Å². The molecule has 1 saturated heterocycles. The van der Waals surface area contributed by atoms with E-state index in [0.717, 1.165) is 19.1 Å². The number of carbonyl (C=O) groups excluding carboxylic acids is 2. The maximum Gasteiger partial charge on any atom is 0.255 e. The van der Waals surface area contributed by atoms with Crippen molar-refractivity contribution in [3.63, 3.8) is 0 Å². The quantitative estimate of drug-likeness (QED) is 0.890. The molecule has 0 bridgehead atoms. The molecule has 1 heterocycles. The van der Waals surface area contributed by atoms with Crippen LogP contribution in [-0.2, 0) is 14.6 Å². The van der Waals surface area contributed by atoms with Crippen LogP contribution in [0.15, 0.2) is 29.2 Å². The van der Waals surface area contributed by atoms with E-state index < -0.39 is 9.84 Å². The standard InChI is InChI=1S/C16H22N2O4S/c1-12(19)17-11-13-7-9-18(10-8-13)16(20)14-5-3-4-6-15(14)23(2,21)22/h3-6,13H,7-11H2,1-2H3,(H,17,19). The van der Waals surface area contributed by atoms with Crippen LogP contribution in [0.1, 0.15) is 30.1 Å². The third-order valence-electron chi connectivity index (χ3n) is 4.06. The third-order valence-corrected chi connectivity index (χ3v) is 5.21. The van der Waals surface area contributed by atoms with Crippen LogP contribution < -0.4 is 5.32 Å². The smallest absolute Gasteiger partial charge is 0.255 e. The molecule has 1 aliphatic rings. The summed E-state index contributed by atoms with van der Waals surface area (Å²) < 4.78 is 23.7. The summed E-state index contributed by atoms with van der Waals surface area (Å²) in [5, 5.41) is 2.80. The number of carbonyl (C=O) groups is 2. The van der Waals surface area contributed by atoms with E-state index in [-0.39, 0.29) is 22.3 Å². The van der Waals surface area contributed by atoms with Crippen LogP contribution in [-0.4, -0.2) is 51.0 Å². The van der Waals surface area contributed by atoms with Gasteiger partial charge >= 0.3 is 0 Å². The summed E-state index contributed by atoms with van der Waals surface area (Å²) in [6, 6.07) is 6.31. The number of hydrogen-bond acceptors (Lipinski definition) is 4. The van der Waals surface area contributed by atoms with E-state index in [1.807, 2.05) is 0 Å². The minimum atomic E-state index is -3.44. The van der Waals surface area contributed by atoms with Gasteiger partial charge in [-0.2, -0.15) is 0 Å². The molecule has 1 aromatic rings. The molecule has 0 radical (unpaired) electrons. The molecule has 0 atom stereocenters. The molecule has 2 amide bonds. The first kappa shape index (κ1) is 17.5. The lowest BCUT2D eigenvalue weighted by Gasteiger charge is -2.32.